The van der Waals surface area contributed by atoms with Gasteiger partial charge in [-0.15, -0.1) is 0 Å². The van der Waals surface area contributed by atoms with Crippen LogP contribution in [0.15, 0.2) is 120 Å². The zero-order valence-corrected chi connectivity index (χ0v) is 25.3. The molecule has 0 aliphatic heterocycles. The average Bonchev–Trinajstić information content (AvgIpc) is 3.04. The standard InChI is InChI=1S/C33H34N2O6S2/c1-41-28-17-19-29(20-18-28)43(39,40)35(30(33(37)38)21-22-42-24-25-11-5-2-6-12-25)23-31(36)34-32(26-13-7-3-8-14-26)27-15-9-4-10-16-27/h2-20,30,32H,21-24H2,1H3,(H,34,36)(H,37,38). The van der Waals surface area contributed by atoms with E-state index in [4.69, 9.17) is 4.74 Å². The van der Waals surface area contributed by atoms with Crippen LogP contribution in [0.4, 0.5) is 0 Å². The van der Waals surface area contributed by atoms with Crippen LogP contribution in [-0.2, 0) is 25.4 Å². The van der Waals surface area contributed by atoms with E-state index >= 15 is 0 Å². The molecule has 4 aromatic rings. The molecule has 0 saturated heterocycles. The van der Waals surface area contributed by atoms with E-state index in [2.05, 4.69) is 5.32 Å². The summed E-state index contributed by atoms with van der Waals surface area (Å²) in [6, 6.07) is 32.0. The Bertz CT molecular complexity index is 1530. The number of sulfonamides is 1. The summed E-state index contributed by atoms with van der Waals surface area (Å²) in [5, 5.41) is 13.2. The van der Waals surface area contributed by atoms with Gasteiger partial charge in [0.05, 0.1) is 24.6 Å². The number of benzene rings is 4. The minimum absolute atomic E-state index is 0.0102. The maximum absolute atomic E-state index is 13.9. The second-order valence-corrected chi connectivity index (χ2v) is 12.7. The number of carboxylic acid groups (broad SMARTS) is 1. The van der Waals surface area contributed by atoms with Crippen molar-refractivity contribution in [1.82, 2.24) is 9.62 Å². The predicted octanol–water partition coefficient (Wildman–Crippen LogP) is 5.37. The molecule has 0 aromatic heterocycles. The monoisotopic (exact) mass is 618 g/mol. The maximum atomic E-state index is 13.9. The zero-order chi connectivity index (χ0) is 30.7. The first-order chi connectivity index (χ1) is 20.8. The van der Waals surface area contributed by atoms with Crippen molar-refractivity contribution in [3.63, 3.8) is 0 Å². The van der Waals surface area contributed by atoms with Crippen molar-refractivity contribution in [1.29, 1.82) is 0 Å². The van der Waals surface area contributed by atoms with E-state index in [9.17, 15) is 23.1 Å². The van der Waals surface area contributed by atoms with Crippen molar-refractivity contribution in [2.24, 2.45) is 0 Å². The normalized spacial score (nSPS) is 12.2. The van der Waals surface area contributed by atoms with Gasteiger partial charge < -0.3 is 15.2 Å². The van der Waals surface area contributed by atoms with Gasteiger partial charge >= 0.3 is 5.97 Å². The van der Waals surface area contributed by atoms with E-state index in [0.717, 1.165) is 21.0 Å². The van der Waals surface area contributed by atoms with E-state index in [1.807, 2.05) is 91.0 Å². The molecule has 4 rings (SSSR count). The molecule has 0 aliphatic rings. The third kappa shape index (κ3) is 8.70. The van der Waals surface area contributed by atoms with Crippen LogP contribution in [0.2, 0.25) is 0 Å². The van der Waals surface area contributed by atoms with Gasteiger partial charge in [0, 0.05) is 5.75 Å². The molecule has 224 valence electrons. The smallest absolute Gasteiger partial charge is 0.322 e. The number of thioether (sulfide) groups is 1. The molecule has 1 amide bonds. The van der Waals surface area contributed by atoms with Crippen molar-refractivity contribution < 1.29 is 27.9 Å². The van der Waals surface area contributed by atoms with E-state index < -0.39 is 40.5 Å². The molecule has 0 saturated carbocycles. The molecule has 43 heavy (non-hydrogen) atoms. The number of carbonyl (C=O) groups excluding carboxylic acids is 1. The van der Waals surface area contributed by atoms with E-state index in [0.29, 0.717) is 17.3 Å². The molecule has 4 aromatic carbocycles. The summed E-state index contributed by atoms with van der Waals surface area (Å²) < 4.78 is 33.8. The van der Waals surface area contributed by atoms with Crippen LogP contribution in [0.5, 0.6) is 5.75 Å². The van der Waals surface area contributed by atoms with Crippen molar-refractivity contribution in [2.45, 2.75) is 29.2 Å². The van der Waals surface area contributed by atoms with Gasteiger partial charge in [0.1, 0.15) is 11.8 Å². The van der Waals surface area contributed by atoms with Crippen LogP contribution in [0.3, 0.4) is 0 Å². The molecule has 0 aliphatic carbocycles. The number of carbonyl (C=O) groups is 2. The quantitative estimate of drug-likeness (QED) is 0.172. The lowest BCUT2D eigenvalue weighted by Crippen LogP contribution is -2.50. The number of hydrogen-bond acceptors (Lipinski definition) is 6. The van der Waals surface area contributed by atoms with E-state index in [1.54, 1.807) is 0 Å². The number of ether oxygens (including phenoxy) is 1. The molecule has 0 fully saturated rings. The van der Waals surface area contributed by atoms with Crippen molar-refractivity contribution in [3.05, 3.63) is 132 Å². The third-order valence-electron chi connectivity index (χ3n) is 6.82. The summed E-state index contributed by atoms with van der Waals surface area (Å²) in [6.45, 7) is -0.676. The van der Waals surface area contributed by atoms with Gasteiger partial charge in [-0.1, -0.05) is 91.0 Å². The Morgan fingerprint density at radius 2 is 1.37 bits per heavy atom. The van der Waals surface area contributed by atoms with Crippen molar-refractivity contribution in [2.75, 3.05) is 19.4 Å². The Morgan fingerprint density at radius 1 is 0.837 bits per heavy atom. The minimum atomic E-state index is -4.39. The summed E-state index contributed by atoms with van der Waals surface area (Å²) in [6.07, 6.45) is 0.0102. The fourth-order valence-corrected chi connectivity index (χ4v) is 7.12. The summed E-state index contributed by atoms with van der Waals surface area (Å²) in [5.74, 6) is -0.484. The van der Waals surface area contributed by atoms with Crippen LogP contribution in [0.25, 0.3) is 0 Å². The van der Waals surface area contributed by atoms with E-state index in [1.165, 1.54) is 43.1 Å². The summed E-state index contributed by atoms with van der Waals surface area (Å²) in [5.41, 5.74) is 2.69. The van der Waals surface area contributed by atoms with Crippen LogP contribution < -0.4 is 10.1 Å². The second-order valence-electron chi connectivity index (χ2n) is 9.73. The number of nitrogens with one attached hydrogen (secondary N) is 1. The van der Waals surface area contributed by atoms with Crippen molar-refractivity contribution >= 4 is 33.7 Å². The predicted molar refractivity (Wildman–Crippen MR) is 168 cm³/mol. The summed E-state index contributed by atoms with van der Waals surface area (Å²) in [7, 11) is -2.93. The Hall–Kier alpha value is -4.12. The van der Waals surface area contributed by atoms with Crippen LogP contribution in [0, 0.1) is 0 Å². The molecule has 1 atom stereocenters. The molecule has 0 bridgehead atoms. The number of amides is 1. The number of hydrogen-bond donors (Lipinski definition) is 2. The lowest BCUT2D eigenvalue weighted by molar-refractivity contribution is -0.141. The van der Waals surface area contributed by atoms with Crippen LogP contribution >= 0.6 is 11.8 Å². The van der Waals surface area contributed by atoms with Gasteiger partial charge in [-0.2, -0.15) is 16.1 Å². The highest BCUT2D eigenvalue weighted by Crippen LogP contribution is 2.26. The third-order valence-corrected chi connectivity index (χ3v) is 9.75. The highest BCUT2D eigenvalue weighted by Gasteiger charge is 2.37. The number of carboxylic acids is 1. The molecule has 10 heteroatoms. The Morgan fingerprint density at radius 3 is 1.88 bits per heavy atom. The fraction of sp³-hybridized carbons (Fsp3) is 0.212. The molecule has 0 heterocycles. The Balaban J connectivity index is 1.61. The topological polar surface area (TPSA) is 113 Å². The zero-order valence-electron chi connectivity index (χ0n) is 23.7. The molecule has 8 nitrogen and oxygen atoms in total. The Kier molecular flexibility index (Phi) is 11.4. The minimum Gasteiger partial charge on any atom is -0.497 e. The highest BCUT2D eigenvalue weighted by atomic mass is 32.2. The van der Waals surface area contributed by atoms with Gasteiger partial charge in [0.15, 0.2) is 0 Å². The van der Waals surface area contributed by atoms with Gasteiger partial charge in [-0.05, 0) is 53.1 Å². The Labute approximate surface area is 256 Å². The first kappa shape index (κ1) is 31.8. The van der Waals surface area contributed by atoms with Crippen molar-refractivity contribution in [3.8, 4) is 5.75 Å². The van der Waals surface area contributed by atoms with E-state index in [-0.39, 0.29) is 11.3 Å². The SMILES string of the molecule is COc1ccc(S(=O)(=O)N(CC(=O)NC(c2ccccc2)c2ccccc2)C(CCSCc2ccccc2)C(=O)O)cc1. The first-order valence-corrected chi connectivity index (χ1v) is 16.3. The molecule has 2 N–H and O–H groups in total. The van der Waals surface area contributed by atoms with Gasteiger partial charge in [-0.3, -0.25) is 9.59 Å². The molecule has 0 radical (unpaired) electrons. The lowest BCUT2D eigenvalue weighted by atomic mass is 9.99. The molecular weight excluding hydrogens is 585 g/mol. The maximum Gasteiger partial charge on any atom is 0.322 e. The number of methoxy groups -OCH3 is 1. The highest BCUT2D eigenvalue weighted by molar-refractivity contribution is 7.98. The largest absolute Gasteiger partial charge is 0.497 e. The lowest BCUT2D eigenvalue weighted by Gasteiger charge is -2.29. The first-order valence-electron chi connectivity index (χ1n) is 13.7. The molecule has 1 unspecified atom stereocenters. The number of aliphatic carboxylic acids is 1. The summed E-state index contributed by atoms with van der Waals surface area (Å²) in [4.78, 5) is 26.0. The average molecular weight is 619 g/mol. The molecular formula is C33H34N2O6S2. The van der Waals surface area contributed by atoms with Gasteiger partial charge in [0.25, 0.3) is 0 Å². The van der Waals surface area contributed by atoms with Gasteiger partial charge in [-0.25, -0.2) is 8.42 Å². The number of nitrogens with zero attached hydrogens (tertiary/aromatic N) is 1. The van der Waals surface area contributed by atoms with Crippen LogP contribution in [-0.4, -0.2) is 55.2 Å². The fourth-order valence-electron chi connectivity index (χ4n) is 4.59. The van der Waals surface area contributed by atoms with Gasteiger partial charge in [0.2, 0.25) is 15.9 Å². The van der Waals surface area contributed by atoms with Crippen LogP contribution in [0.1, 0.15) is 29.2 Å². The summed E-state index contributed by atoms with van der Waals surface area (Å²) >= 11 is 1.50. The second kappa shape index (κ2) is 15.4. The number of rotatable bonds is 15. The molecule has 0 spiro atoms.